The van der Waals surface area contributed by atoms with E-state index in [2.05, 4.69) is 11.4 Å². The molecule has 1 unspecified atom stereocenters. The Hall–Kier alpha value is -0.800. The van der Waals surface area contributed by atoms with Crippen LogP contribution in [0.4, 0.5) is 13.2 Å². The van der Waals surface area contributed by atoms with Gasteiger partial charge >= 0.3 is 6.18 Å². The zero-order valence-corrected chi connectivity index (χ0v) is 12.6. The van der Waals surface area contributed by atoms with Crippen molar-refractivity contribution in [2.45, 2.75) is 64.3 Å². The van der Waals surface area contributed by atoms with E-state index < -0.39 is 18.3 Å². The number of hydrogen-bond acceptors (Lipinski definition) is 3. The second-order valence-electron chi connectivity index (χ2n) is 6.27. The number of alkyl halides is 3. The minimum absolute atomic E-state index is 0.0650. The number of hydrogen-bond donors (Lipinski definition) is 1. The van der Waals surface area contributed by atoms with Gasteiger partial charge in [-0.15, -0.1) is 0 Å². The second-order valence-corrected chi connectivity index (χ2v) is 6.27. The van der Waals surface area contributed by atoms with Gasteiger partial charge in [-0.1, -0.05) is 0 Å². The molecule has 1 N–H and O–H groups in total. The summed E-state index contributed by atoms with van der Waals surface area (Å²) in [6, 6.07) is 2.07. The zero-order valence-electron chi connectivity index (χ0n) is 12.6. The molecule has 1 fully saturated rings. The van der Waals surface area contributed by atoms with Gasteiger partial charge < -0.3 is 0 Å². The quantitative estimate of drug-likeness (QED) is 0.784. The van der Waals surface area contributed by atoms with E-state index in [0.29, 0.717) is 0 Å². The maximum Gasteiger partial charge on any atom is 0.401 e. The first-order valence-electron chi connectivity index (χ1n) is 7.09. The maximum absolute atomic E-state index is 12.7. The summed E-state index contributed by atoms with van der Waals surface area (Å²) in [4.78, 5) is 1.34. The van der Waals surface area contributed by atoms with Gasteiger partial charge in [0, 0.05) is 18.6 Å². The Kier molecular flexibility index (Phi) is 5.45. The van der Waals surface area contributed by atoms with Crippen molar-refractivity contribution < 1.29 is 13.2 Å². The van der Waals surface area contributed by atoms with E-state index in [1.165, 1.54) is 4.90 Å². The Morgan fingerprint density at radius 3 is 2.05 bits per heavy atom. The van der Waals surface area contributed by atoms with Crippen LogP contribution in [0.2, 0.25) is 0 Å². The summed E-state index contributed by atoms with van der Waals surface area (Å²) >= 11 is 0. The fraction of sp³-hybridized carbons (Fsp3) is 0.929. The highest BCUT2D eigenvalue weighted by molar-refractivity contribution is 5.17. The molecule has 116 valence electrons. The number of rotatable bonds is 7. The molecule has 1 atom stereocenters. The molecule has 20 heavy (non-hydrogen) atoms. The minimum Gasteiger partial charge on any atom is -0.296 e. The third-order valence-corrected chi connectivity index (χ3v) is 3.59. The summed E-state index contributed by atoms with van der Waals surface area (Å²) in [5.74, 6) is 0.157. The predicted molar refractivity (Wildman–Crippen MR) is 72.1 cm³/mol. The Balaban J connectivity index is 2.88. The number of nitrogens with one attached hydrogen (secondary N) is 1. The highest BCUT2D eigenvalue weighted by Gasteiger charge is 2.48. The maximum atomic E-state index is 12.7. The molecule has 0 saturated heterocycles. The fourth-order valence-electron chi connectivity index (χ4n) is 2.51. The van der Waals surface area contributed by atoms with Crippen LogP contribution in [0, 0.1) is 17.2 Å². The van der Waals surface area contributed by atoms with Gasteiger partial charge in [0.15, 0.2) is 0 Å². The van der Waals surface area contributed by atoms with Crippen LogP contribution in [0.1, 0.15) is 40.5 Å². The van der Waals surface area contributed by atoms with E-state index in [-0.39, 0.29) is 24.5 Å². The molecule has 3 nitrogen and oxygen atoms in total. The average molecular weight is 291 g/mol. The van der Waals surface area contributed by atoms with Gasteiger partial charge in [-0.25, -0.2) is 0 Å². The van der Waals surface area contributed by atoms with Gasteiger partial charge in [-0.05, 0) is 46.5 Å². The lowest BCUT2D eigenvalue weighted by atomic mass is 9.92. The minimum atomic E-state index is -4.24. The molecule has 0 aromatic carbocycles. The van der Waals surface area contributed by atoms with Crippen molar-refractivity contribution in [2.24, 2.45) is 5.92 Å². The first-order chi connectivity index (χ1) is 9.09. The smallest absolute Gasteiger partial charge is 0.296 e. The first kappa shape index (κ1) is 17.3. The predicted octanol–water partition coefficient (Wildman–Crippen LogP) is 2.93. The average Bonchev–Trinajstić information content (AvgIpc) is 3.08. The number of nitriles is 1. The lowest BCUT2D eigenvalue weighted by molar-refractivity contribution is -0.151. The summed E-state index contributed by atoms with van der Waals surface area (Å²) < 4.78 is 38.0. The van der Waals surface area contributed by atoms with Crippen molar-refractivity contribution in [2.75, 3.05) is 13.1 Å². The molecule has 0 bridgehead atoms. The Labute approximate surface area is 119 Å². The Bertz CT molecular complexity index is 356. The molecule has 0 aromatic rings. The van der Waals surface area contributed by atoms with Crippen LogP contribution < -0.4 is 5.32 Å². The van der Waals surface area contributed by atoms with Crippen LogP contribution >= 0.6 is 0 Å². The van der Waals surface area contributed by atoms with Crippen molar-refractivity contribution in [3.05, 3.63) is 0 Å². The molecular formula is C14H24F3N3. The van der Waals surface area contributed by atoms with E-state index in [4.69, 9.17) is 0 Å². The molecule has 0 radical (unpaired) electrons. The number of nitrogens with zero attached hydrogens (tertiary/aromatic N) is 2. The van der Waals surface area contributed by atoms with Crippen LogP contribution in [0.15, 0.2) is 0 Å². The molecule has 1 saturated carbocycles. The normalized spacial score (nSPS) is 19.4. The summed E-state index contributed by atoms with van der Waals surface area (Å²) in [6.45, 7) is 6.44. The van der Waals surface area contributed by atoms with Crippen LogP contribution in [-0.2, 0) is 0 Å². The van der Waals surface area contributed by atoms with Gasteiger partial charge in [0.25, 0.3) is 0 Å². The Morgan fingerprint density at radius 2 is 1.75 bits per heavy atom. The lowest BCUT2D eigenvalue weighted by Gasteiger charge is -2.38. The van der Waals surface area contributed by atoms with Crippen molar-refractivity contribution in [3.63, 3.8) is 0 Å². The SMILES string of the molecule is CC(C)NC(C#N)(CN(CC(F)(F)F)C(C)C)C1CC1. The molecule has 1 aliphatic carbocycles. The van der Waals surface area contributed by atoms with Crippen LogP contribution in [0.3, 0.4) is 0 Å². The molecule has 6 heteroatoms. The van der Waals surface area contributed by atoms with Crippen molar-refractivity contribution in [1.29, 1.82) is 5.26 Å². The zero-order chi connectivity index (χ0) is 15.6. The molecular weight excluding hydrogens is 267 g/mol. The monoisotopic (exact) mass is 291 g/mol. The standard InChI is InChI=1S/C14H24F3N3/c1-10(2)19-13(7-18,12-5-6-12)8-20(11(3)4)9-14(15,16)17/h10-12,19H,5-6,8-9H2,1-4H3. The third kappa shape index (κ3) is 4.95. The summed E-state index contributed by atoms with van der Waals surface area (Å²) in [7, 11) is 0. The highest BCUT2D eigenvalue weighted by Crippen LogP contribution is 2.40. The van der Waals surface area contributed by atoms with E-state index in [0.717, 1.165) is 12.8 Å². The van der Waals surface area contributed by atoms with Crippen molar-refractivity contribution in [1.82, 2.24) is 10.2 Å². The van der Waals surface area contributed by atoms with Gasteiger partial charge in [0.2, 0.25) is 0 Å². The first-order valence-corrected chi connectivity index (χ1v) is 7.09. The molecule has 1 aliphatic rings. The van der Waals surface area contributed by atoms with E-state index in [1.54, 1.807) is 13.8 Å². The van der Waals surface area contributed by atoms with Gasteiger partial charge in [-0.3, -0.25) is 10.2 Å². The highest BCUT2D eigenvalue weighted by atomic mass is 19.4. The van der Waals surface area contributed by atoms with E-state index in [1.807, 2.05) is 13.8 Å². The molecule has 0 aliphatic heterocycles. The van der Waals surface area contributed by atoms with Crippen LogP contribution in [0.5, 0.6) is 0 Å². The van der Waals surface area contributed by atoms with Crippen molar-refractivity contribution in [3.8, 4) is 6.07 Å². The van der Waals surface area contributed by atoms with Gasteiger partial charge in [0.1, 0.15) is 5.54 Å². The molecule has 0 spiro atoms. The van der Waals surface area contributed by atoms with Gasteiger partial charge in [0.05, 0.1) is 12.6 Å². The number of halogens is 3. The molecule has 0 aromatic heterocycles. The largest absolute Gasteiger partial charge is 0.401 e. The van der Waals surface area contributed by atoms with Crippen LogP contribution in [-0.4, -0.2) is 41.8 Å². The molecule has 0 amide bonds. The summed E-state index contributed by atoms with van der Waals surface area (Å²) in [5, 5.41) is 12.8. The lowest BCUT2D eigenvalue weighted by Crippen LogP contribution is -2.58. The molecule has 1 rings (SSSR count). The van der Waals surface area contributed by atoms with E-state index >= 15 is 0 Å². The summed E-state index contributed by atoms with van der Waals surface area (Å²) in [6.07, 6.45) is -2.43. The topological polar surface area (TPSA) is 39.1 Å². The van der Waals surface area contributed by atoms with E-state index in [9.17, 15) is 18.4 Å². The third-order valence-electron chi connectivity index (χ3n) is 3.59. The summed E-state index contributed by atoms with van der Waals surface area (Å²) in [5.41, 5.74) is -0.871. The van der Waals surface area contributed by atoms with Gasteiger partial charge in [-0.2, -0.15) is 18.4 Å². The fourth-order valence-corrected chi connectivity index (χ4v) is 2.51. The molecule has 0 heterocycles. The second kappa shape index (κ2) is 6.31. The van der Waals surface area contributed by atoms with Crippen LogP contribution in [0.25, 0.3) is 0 Å². The van der Waals surface area contributed by atoms with Crippen molar-refractivity contribution >= 4 is 0 Å². The Morgan fingerprint density at radius 1 is 1.20 bits per heavy atom.